The topological polar surface area (TPSA) is 78.9 Å². The quantitative estimate of drug-likeness (QED) is 0.323. The molecule has 5 heteroatoms. The predicted molar refractivity (Wildman–Crippen MR) is 60.1 cm³/mol. The molecule has 5 nitrogen and oxygen atoms in total. The van der Waals surface area contributed by atoms with Crippen LogP contribution in [0.3, 0.4) is 0 Å². The standard InChI is InChI=1S/C11H19N3O2/c1-2-14(8-4-5-8)10(15)11(6-3-7-11)9(12)13-16/h8,16H,2-7H2,1H3,(H2,12,13). The summed E-state index contributed by atoms with van der Waals surface area (Å²) in [4.78, 5) is 14.3. The van der Waals surface area contributed by atoms with Gasteiger partial charge in [-0.05, 0) is 32.6 Å². The second-order valence-electron chi connectivity index (χ2n) is 4.74. The number of amides is 1. The number of rotatable bonds is 4. The molecule has 2 saturated carbocycles. The molecule has 0 saturated heterocycles. The van der Waals surface area contributed by atoms with Crippen LogP contribution in [0.25, 0.3) is 0 Å². The van der Waals surface area contributed by atoms with Crippen molar-refractivity contribution in [3.8, 4) is 0 Å². The number of hydrogen-bond donors (Lipinski definition) is 2. The van der Waals surface area contributed by atoms with Crippen molar-refractivity contribution in [1.29, 1.82) is 0 Å². The van der Waals surface area contributed by atoms with Crippen LogP contribution in [0.2, 0.25) is 0 Å². The van der Waals surface area contributed by atoms with Crippen LogP contribution in [0.15, 0.2) is 5.16 Å². The normalized spacial score (nSPS) is 23.7. The van der Waals surface area contributed by atoms with E-state index in [4.69, 9.17) is 10.9 Å². The van der Waals surface area contributed by atoms with Crippen molar-refractivity contribution in [2.45, 2.75) is 45.1 Å². The molecule has 0 aliphatic heterocycles. The molecule has 0 radical (unpaired) electrons. The summed E-state index contributed by atoms with van der Waals surface area (Å²) in [6.07, 6.45) is 4.58. The maximum atomic E-state index is 12.4. The Morgan fingerprint density at radius 3 is 2.50 bits per heavy atom. The second kappa shape index (κ2) is 3.96. The van der Waals surface area contributed by atoms with Crippen LogP contribution in [-0.4, -0.2) is 34.4 Å². The number of amidine groups is 1. The average Bonchev–Trinajstić information content (AvgIpc) is 3.01. The van der Waals surface area contributed by atoms with Crippen LogP contribution < -0.4 is 5.73 Å². The number of nitrogens with two attached hydrogens (primary N) is 1. The Balaban J connectivity index is 2.17. The summed E-state index contributed by atoms with van der Waals surface area (Å²) >= 11 is 0. The minimum Gasteiger partial charge on any atom is -0.409 e. The zero-order chi connectivity index (χ0) is 11.8. The van der Waals surface area contributed by atoms with Gasteiger partial charge in [-0.25, -0.2) is 0 Å². The molecule has 2 aliphatic rings. The van der Waals surface area contributed by atoms with Gasteiger partial charge < -0.3 is 15.8 Å². The molecule has 0 aromatic carbocycles. The third kappa shape index (κ3) is 1.54. The first-order valence-electron chi connectivity index (χ1n) is 5.95. The number of oxime groups is 1. The fraction of sp³-hybridized carbons (Fsp3) is 0.818. The third-order valence-electron chi connectivity index (χ3n) is 3.80. The van der Waals surface area contributed by atoms with Crippen LogP contribution in [-0.2, 0) is 4.79 Å². The molecule has 0 aromatic rings. The first-order chi connectivity index (χ1) is 7.65. The van der Waals surface area contributed by atoms with Crippen LogP contribution in [0.5, 0.6) is 0 Å². The highest BCUT2D eigenvalue weighted by Crippen LogP contribution is 2.44. The monoisotopic (exact) mass is 225 g/mol. The van der Waals surface area contributed by atoms with Crippen molar-refractivity contribution < 1.29 is 10.0 Å². The Bertz CT molecular complexity index is 319. The summed E-state index contributed by atoms with van der Waals surface area (Å²) in [6, 6.07) is 0.390. The van der Waals surface area contributed by atoms with E-state index in [0.29, 0.717) is 25.4 Å². The van der Waals surface area contributed by atoms with Crippen LogP contribution in [0.4, 0.5) is 0 Å². The maximum absolute atomic E-state index is 12.4. The van der Waals surface area contributed by atoms with Gasteiger partial charge in [0.15, 0.2) is 5.84 Å². The minimum atomic E-state index is -0.701. The average molecular weight is 225 g/mol. The van der Waals surface area contributed by atoms with Gasteiger partial charge in [-0.3, -0.25) is 4.79 Å². The van der Waals surface area contributed by atoms with Gasteiger partial charge in [-0.2, -0.15) is 0 Å². The molecular formula is C11H19N3O2. The van der Waals surface area contributed by atoms with Crippen molar-refractivity contribution in [2.24, 2.45) is 16.3 Å². The van der Waals surface area contributed by atoms with E-state index < -0.39 is 5.41 Å². The molecule has 0 bridgehead atoms. The summed E-state index contributed by atoms with van der Waals surface area (Å²) in [6.45, 7) is 2.69. The van der Waals surface area contributed by atoms with Crippen molar-refractivity contribution in [3.05, 3.63) is 0 Å². The SMILES string of the molecule is CCN(C(=O)C1(C(N)=NO)CCC1)C1CC1. The lowest BCUT2D eigenvalue weighted by molar-refractivity contribution is -0.142. The summed E-state index contributed by atoms with van der Waals surface area (Å²) in [7, 11) is 0. The highest BCUT2D eigenvalue weighted by Gasteiger charge is 2.52. The van der Waals surface area contributed by atoms with E-state index >= 15 is 0 Å². The van der Waals surface area contributed by atoms with E-state index in [-0.39, 0.29) is 11.7 Å². The Morgan fingerprint density at radius 1 is 1.56 bits per heavy atom. The van der Waals surface area contributed by atoms with Crippen LogP contribution in [0.1, 0.15) is 39.0 Å². The van der Waals surface area contributed by atoms with Gasteiger partial charge >= 0.3 is 0 Å². The third-order valence-corrected chi connectivity index (χ3v) is 3.80. The minimum absolute atomic E-state index is 0.0547. The second-order valence-corrected chi connectivity index (χ2v) is 4.74. The van der Waals surface area contributed by atoms with Crippen molar-refractivity contribution >= 4 is 11.7 Å². The fourth-order valence-corrected chi connectivity index (χ4v) is 2.43. The molecule has 0 atom stereocenters. The zero-order valence-corrected chi connectivity index (χ0v) is 9.65. The van der Waals surface area contributed by atoms with Gasteiger partial charge in [0.05, 0.1) is 0 Å². The zero-order valence-electron chi connectivity index (χ0n) is 9.65. The van der Waals surface area contributed by atoms with E-state index in [1.807, 2.05) is 11.8 Å². The molecule has 2 rings (SSSR count). The molecule has 2 aliphatic carbocycles. The summed E-state index contributed by atoms with van der Waals surface area (Å²) in [5, 5.41) is 11.8. The van der Waals surface area contributed by atoms with Crippen molar-refractivity contribution in [2.75, 3.05) is 6.54 Å². The molecule has 2 fully saturated rings. The highest BCUT2D eigenvalue weighted by atomic mass is 16.4. The lowest BCUT2D eigenvalue weighted by atomic mass is 9.66. The molecule has 1 amide bonds. The summed E-state index contributed by atoms with van der Waals surface area (Å²) in [5.74, 6) is 0.141. The largest absolute Gasteiger partial charge is 0.409 e. The highest BCUT2D eigenvalue weighted by molar-refractivity contribution is 6.07. The Kier molecular flexibility index (Phi) is 2.78. The lowest BCUT2D eigenvalue weighted by Gasteiger charge is -2.42. The first kappa shape index (κ1) is 11.2. The Labute approximate surface area is 95.3 Å². The molecule has 0 spiro atoms. The first-order valence-corrected chi connectivity index (χ1v) is 5.95. The Hall–Kier alpha value is -1.26. The van der Waals surface area contributed by atoms with Gasteiger partial charge in [0.1, 0.15) is 5.41 Å². The van der Waals surface area contributed by atoms with Gasteiger partial charge in [0.2, 0.25) is 5.91 Å². The fourth-order valence-electron chi connectivity index (χ4n) is 2.43. The van der Waals surface area contributed by atoms with E-state index in [2.05, 4.69) is 5.16 Å². The lowest BCUT2D eigenvalue weighted by Crippen LogP contribution is -2.55. The van der Waals surface area contributed by atoms with Gasteiger partial charge in [-0.15, -0.1) is 0 Å². The van der Waals surface area contributed by atoms with Crippen molar-refractivity contribution in [3.63, 3.8) is 0 Å². The molecule has 3 N–H and O–H groups in total. The smallest absolute Gasteiger partial charge is 0.236 e. The molecule has 0 heterocycles. The molecule has 0 aromatic heterocycles. The molecule has 90 valence electrons. The van der Waals surface area contributed by atoms with Gasteiger partial charge in [-0.1, -0.05) is 11.6 Å². The predicted octanol–water partition coefficient (Wildman–Crippen LogP) is 0.914. The molecule has 16 heavy (non-hydrogen) atoms. The summed E-state index contributed by atoms with van der Waals surface area (Å²) in [5.41, 5.74) is 4.98. The molecule has 0 unspecified atom stereocenters. The van der Waals surface area contributed by atoms with Gasteiger partial charge in [0.25, 0.3) is 0 Å². The number of carbonyl (C=O) groups excluding carboxylic acids is 1. The van der Waals surface area contributed by atoms with Crippen LogP contribution in [0, 0.1) is 5.41 Å². The summed E-state index contributed by atoms with van der Waals surface area (Å²) < 4.78 is 0. The van der Waals surface area contributed by atoms with E-state index in [1.165, 1.54) is 0 Å². The van der Waals surface area contributed by atoms with Gasteiger partial charge in [0, 0.05) is 12.6 Å². The number of nitrogens with zero attached hydrogens (tertiary/aromatic N) is 2. The van der Waals surface area contributed by atoms with E-state index in [9.17, 15) is 4.79 Å². The van der Waals surface area contributed by atoms with Crippen LogP contribution >= 0.6 is 0 Å². The Morgan fingerprint density at radius 2 is 2.19 bits per heavy atom. The maximum Gasteiger partial charge on any atom is 0.236 e. The number of carbonyl (C=O) groups is 1. The number of hydrogen-bond acceptors (Lipinski definition) is 3. The van der Waals surface area contributed by atoms with E-state index in [1.54, 1.807) is 0 Å². The van der Waals surface area contributed by atoms with Crippen molar-refractivity contribution in [1.82, 2.24) is 4.90 Å². The van der Waals surface area contributed by atoms with E-state index in [0.717, 1.165) is 19.3 Å². The molecular weight excluding hydrogens is 206 g/mol.